The Labute approximate surface area is 150 Å². The molecule has 2 aromatic heterocycles. The molecule has 1 saturated heterocycles. The molecule has 0 saturated carbocycles. The van der Waals surface area contributed by atoms with Gasteiger partial charge in [0.2, 0.25) is 5.88 Å². The molecule has 26 heavy (non-hydrogen) atoms. The zero-order chi connectivity index (χ0) is 18.7. The third-order valence-corrected chi connectivity index (χ3v) is 4.52. The van der Waals surface area contributed by atoms with E-state index in [1.165, 1.54) is 6.20 Å². The molecule has 0 spiro atoms. The summed E-state index contributed by atoms with van der Waals surface area (Å²) in [5.74, 6) is 0.574. The molecule has 1 unspecified atom stereocenters. The average molecular weight is 366 g/mol. The van der Waals surface area contributed by atoms with Crippen molar-refractivity contribution in [1.82, 2.24) is 14.9 Å². The van der Waals surface area contributed by atoms with E-state index in [2.05, 4.69) is 21.8 Å². The van der Waals surface area contributed by atoms with Crippen LogP contribution in [0.4, 0.5) is 18.9 Å². The van der Waals surface area contributed by atoms with E-state index < -0.39 is 11.9 Å². The lowest BCUT2D eigenvalue weighted by Crippen LogP contribution is -2.51. The molecule has 0 radical (unpaired) electrons. The van der Waals surface area contributed by atoms with Crippen LogP contribution in [0.2, 0.25) is 0 Å². The summed E-state index contributed by atoms with van der Waals surface area (Å²) in [5.41, 5.74) is 0.608. The highest BCUT2D eigenvalue weighted by molar-refractivity contribution is 5.47. The van der Waals surface area contributed by atoms with E-state index in [0.717, 1.165) is 18.3 Å². The van der Waals surface area contributed by atoms with Gasteiger partial charge in [0.15, 0.2) is 0 Å². The van der Waals surface area contributed by atoms with Crippen molar-refractivity contribution in [1.29, 1.82) is 0 Å². The number of halogens is 3. The van der Waals surface area contributed by atoms with Crippen LogP contribution < -0.4 is 9.64 Å². The molecule has 3 rings (SSSR count). The molecule has 1 aliphatic rings. The maximum atomic E-state index is 12.9. The Morgan fingerprint density at radius 1 is 1.23 bits per heavy atom. The first kappa shape index (κ1) is 18.4. The van der Waals surface area contributed by atoms with Gasteiger partial charge in [-0.25, -0.2) is 4.98 Å². The monoisotopic (exact) mass is 366 g/mol. The second-order valence-corrected chi connectivity index (χ2v) is 6.33. The number of rotatable bonds is 4. The molecule has 0 aliphatic carbocycles. The van der Waals surface area contributed by atoms with Gasteiger partial charge in [-0.05, 0) is 25.1 Å². The van der Waals surface area contributed by atoms with Gasteiger partial charge >= 0.3 is 6.18 Å². The van der Waals surface area contributed by atoms with Gasteiger partial charge in [-0.2, -0.15) is 13.2 Å². The van der Waals surface area contributed by atoms with Gasteiger partial charge in [-0.1, -0.05) is 6.07 Å². The number of hydrogen-bond donors (Lipinski definition) is 0. The number of aromatic nitrogens is 2. The van der Waals surface area contributed by atoms with E-state index in [-0.39, 0.29) is 6.04 Å². The highest BCUT2D eigenvalue weighted by Crippen LogP contribution is 2.30. The second kappa shape index (κ2) is 7.49. The summed E-state index contributed by atoms with van der Waals surface area (Å²) in [5, 5.41) is 0. The van der Waals surface area contributed by atoms with E-state index in [9.17, 15) is 13.2 Å². The summed E-state index contributed by atoms with van der Waals surface area (Å²) in [7, 11) is 1.58. The van der Waals surface area contributed by atoms with Crippen LogP contribution >= 0.6 is 0 Å². The predicted octanol–water partition coefficient (Wildman–Crippen LogP) is 3.21. The number of hydrogen-bond acceptors (Lipinski definition) is 5. The number of alkyl halides is 3. The molecule has 0 aromatic carbocycles. The molecule has 1 aliphatic heterocycles. The Morgan fingerprint density at radius 3 is 2.73 bits per heavy atom. The minimum Gasteiger partial charge on any atom is -0.481 e. The molecule has 140 valence electrons. The number of piperazine rings is 1. The van der Waals surface area contributed by atoms with E-state index in [4.69, 9.17) is 4.74 Å². The first-order valence-electron chi connectivity index (χ1n) is 8.39. The van der Waals surface area contributed by atoms with E-state index in [1.54, 1.807) is 19.2 Å². The highest BCUT2D eigenvalue weighted by Gasteiger charge is 2.33. The van der Waals surface area contributed by atoms with Crippen LogP contribution in [0.1, 0.15) is 18.3 Å². The molecule has 8 heteroatoms. The Morgan fingerprint density at radius 2 is 2.04 bits per heavy atom. The number of anilines is 1. The van der Waals surface area contributed by atoms with Crippen molar-refractivity contribution in [2.24, 2.45) is 0 Å². The SMILES string of the molecule is COc1cccc(CN2CCN(c3ccnc(C(F)(F)F)c3)CC2C)n1. The Kier molecular flexibility index (Phi) is 5.31. The van der Waals surface area contributed by atoms with Gasteiger partial charge in [-0.15, -0.1) is 0 Å². The largest absolute Gasteiger partial charge is 0.481 e. The summed E-state index contributed by atoms with van der Waals surface area (Å²) in [6.07, 6.45) is -3.21. The topological polar surface area (TPSA) is 41.5 Å². The first-order chi connectivity index (χ1) is 12.4. The van der Waals surface area contributed by atoms with E-state index >= 15 is 0 Å². The lowest BCUT2D eigenvalue weighted by Gasteiger charge is -2.41. The minimum atomic E-state index is -4.43. The van der Waals surface area contributed by atoms with Crippen LogP contribution in [-0.4, -0.2) is 47.7 Å². The molecule has 1 fully saturated rings. The van der Waals surface area contributed by atoms with Crippen molar-refractivity contribution in [3.63, 3.8) is 0 Å². The second-order valence-electron chi connectivity index (χ2n) is 6.33. The number of pyridine rings is 2. The van der Waals surface area contributed by atoms with Crippen LogP contribution in [-0.2, 0) is 12.7 Å². The summed E-state index contributed by atoms with van der Waals surface area (Å²) in [6, 6.07) is 8.57. The number of methoxy groups -OCH3 is 1. The normalized spacial score (nSPS) is 18.8. The summed E-state index contributed by atoms with van der Waals surface area (Å²) < 4.78 is 43.8. The Bertz CT molecular complexity index is 753. The zero-order valence-electron chi connectivity index (χ0n) is 14.7. The standard InChI is InChI=1S/C18H21F3N4O/c1-13-11-25(15-6-7-22-16(10-15)18(19,20)21)9-8-24(13)12-14-4-3-5-17(23-14)26-2/h3-7,10,13H,8-9,11-12H2,1-2H3. The van der Waals surface area contributed by atoms with Crippen LogP contribution in [0.25, 0.3) is 0 Å². The van der Waals surface area contributed by atoms with Gasteiger partial charge < -0.3 is 9.64 Å². The lowest BCUT2D eigenvalue weighted by atomic mass is 10.1. The van der Waals surface area contributed by atoms with Gasteiger partial charge in [0.25, 0.3) is 0 Å². The lowest BCUT2D eigenvalue weighted by molar-refractivity contribution is -0.141. The third kappa shape index (κ3) is 4.24. The minimum absolute atomic E-state index is 0.180. The van der Waals surface area contributed by atoms with Crippen molar-refractivity contribution >= 4 is 5.69 Å². The van der Waals surface area contributed by atoms with E-state index in [0.29, 0.717) is 31.2 Å². The molecule has 0 N–H and O–H groups in total. The first-order valence-corrected chi connectivity index (χ1v) is 8.39. The quantitative estimate of drug-likeness (QED) is 0.831. The molecule has 0 amide bonds. The molecule has 1 atom stereocenters. The number of ether oxygens (including phenoxy) is 1. The van der Waals surface area contributed by atoms with Gasteiger partial charge in [-0.3, -0.25) is 9.88 Å². The summed E-state index contributed by atoms with van der Waals surface area (Å²) >= 11 is 0. The van der Waals surface area contributed by atoms with Crippen molar-refractivity contribution < 1.29 is 17.9 Å². The molecular weight excluding hydrogens is 345 g/mol. The highest BCUT2D eigenvalue weighted by atomic mass is 19.4. The average Bonchev–Trinajstić information content (AvgIpc) is 2.63. The van der Waals surface area contributed by atoms with E-state index in [1.807, 2.05) is 17.0 Å². The van der Waals surface area contributed by atoms with Crippen LogP contribution in [0, 0.1) is 0 Å². The summed E-state index contributed by atoms with van der Waals surface area (Å²) in [6.45, 7) is 4.78. The van der Waals surface area contributed by atoms with Gasteiger partial charge in [0.1, 0.15) is 5.69 Å². The smallest absolute Gasteiger partial charge is 0.433 e. The zero-order valence-corrected chi connectivity index (χ0v) is 14.7. The van der Waals surface area contributed by atoms with Gasteiger partial charge in [0, 0.05) is 50.2 Å². The molecule has 5 nitrogen and oxygen atoms in total. The van der Waals surface area contributed by atoms with Crippen molar-refractivity contribution in [2.75, 3.05) is 31.6 Å². The van der Waals surface area contributed by atoms with Crippen LogP contribution in [0.15, 0.2) is 36.5 Å². The number of nitrogens with zero attached hydrogens (tertiary/aromatic N) is 4. The fourth-order valence-electron chi connectivity index (χ4n) is 3.10. The molecule has 2 aromatic rings. The molecule has 3 heterocycles. The van der Waals surface area contributed by atoms with Gasteiger partial charge in [0.05, 0.1) is 12.8 Å². The van der Waals surface area contributed by atoms with Crippen LogP contribution in [0.3, 0.4) is 0 Å². The Hall–Kier alpha value is -2.35. The third-order valence-electron chi connectivity index (χ3n) is 4.52. The molecular formula is C18H21F3N4O. The van der Waals surface area contributed by atoms with Crippen molar-refractivity contribution in [2.45, 2.75) is 25.7 Å². The maximum absolute atomic E-state index is 12.9. The fraction of sp³-hybridized carbons (Fsp3) is 0.444. The van der Waals surface area contributed by atoms with Crippen molar-refractivity contribution in [3.05, 3.63) is 47.9 Å². The molecule has 0 bridgehead atoms. The maximum Gasteiger partial charge on any atom is 0.433 e. The predicted molar refractivity (Wildman–Crippen MR) is 92.1 cm³/mol. The van der Waals surface area contributed by atoms with Crippen LogP contribution in [0.5, 0.6) is 5.88 Å². The Balaban J connectivity index is 1.67. The van der Waals surface area contributed by atoms with Crippen molar-refractivity contribution in [3.8, 4) is 5.88 Å². The summed E-state index contributed by atoms with van der Waals surface area (Å²) in [4.78, 5) is 12.1. The fourth-order valence-corrected chi connectivity index (χ4v) is 3.10.